The van der Waals surface area contributed by atoms with Crippen molar-refractivity contribution in [2.45, 2.75) is 0 Å². The summed E-state index contributed by atoms with van der Waals surface area (Å²) < 4.78 is 3.72. The third-order valence-corrected chi connectivity index (χ3v) is 3.33. The van der Waals surface area contributed by atoms with Crippen LogP contribution in [0.3, 0.4) is 0 Å². The number of halogens is 1. The minimum atomic E-state index is -0.664. The van der Waals surface area contributed by atoms with Gasteiger partial charge >= 0.3 is 0 Å². The Balaban J connectivity index is 2.41. The van der Waals surface area contributed by atoms with E-state index in [2.05, 4.69) is 9.83 Å². The first-order valence-electron chi connectivity index (χ1n) is 5.15. The second-order valence-corrected chi connectivity index (χ2v) is 5.19. The van der Waals surface area contributed by atoms with E-state index in [4.69, 9.17) is 0 Å². The number of anilines is 1. The van der Waals surface area contributed by atoms with Crippen molar-refractivity contribution in [3.8, 4) is 11.1 Å². The molecule has 0 atom stereocenters. The number of nitrogens with one attached hydrogen (secondary N) is 1. The SMILES string of the molecule is C=IC(=O)Nc1ccccc1-c1ccccc1. The zero-order valence-corrected chi connectivity index (χ0v) is 11.3. The minimum absolute atomic E-state index is 0.0344. The molecule has 0 unspecified atom stereocenters. The molecule has 2 nitrogen and oxygen atoms in total. The van der Waals surface area contributed by atoms with E-state index < -0.39 is 20.7 Å². The molecule has 86 valence electrons. The van der Waals surface area contributed by atoms with Crippen molar-refractivity contribution >= 4 is 34.8 Å². The van der Waals surface area contributed by atoms with Gasteiger partial charge in [-0.05, 0) is 32.4 Å². The zero-order chi connectivity index (χ0) is 12.1. The average Bonchev–Trinajstić information content (AvgIpc) is 2.40. The summed E-state index contributed by atoms with van der Waals surface area (Å²) in [5.74, 6) is 0. The topological polar surface area (TPSA) is 29.1 Å². The molecule has 0 aliphatic carbocycles. The van der Waals surface area contributed by atoms with Gasteiger partial charge in [-0.15, -0.1) is 0 Å². The Bertz CT molecular complexity index is 537. The third-order valence-electron chi connectivity index (χ3n) is 2.37. The van der Waals surface area contributed by atoms with E-state index in [1.54, 1.807) is 0 Å². The highest BCUT2D eigenvalue weighted by molar-refractivity contribution is 14.2. The molecule has 0 saturated carbocycles. The van der Waals surface area contributed by atoms with Crippen LogP contribution >= 0.6 is 20.7 Å². The lowest BCUT2D eigenvalue weighted by Gasteiger charge is -2.09. The van der Waals surface area contributed by atoms with Crippen molar-refractivity contribution in [3.63, 3.8) is 0 Å². The third kappa shape index (κ3) is 3.00. The van der Waals surface area contributed by atoms with Crippen molar-refractivity contribution in [2.24, 2.45) is 0 Å². The molecular formula is C14H12INO. The minimum Gasteiger partial charge on any atom is -0.317 e. The standard InChI is InChI=1S/C14H12INO/c1-15-14(17)16-13-10-6-5-9-12(13)11-7-3-2-4-8-11/h2-10H,1H2,(H,16,17). The molecule has 1 amide bonds. The lowest BCUT2D eigenvalue weighted by molar-refractivity contribution is 0.272. The summed E-state index contributed by atoms with van der Waals surface area (Å²) in [7, 11) is 0. The monoisotopic (exact) mass is 337 g/mol. The van der Waals surface area contributed by atoms with Crippen molar-refractivity contribution in [2.75, 3.05) is 5.32 Å². The highest BCUT2D eigenvalue weighted by Crippen LogP contribution is 2.28. The summed E-state index contributed by atoms with van der Waals surface area (Å²) in [5, 5.41) is 2.91. The Hall–Kier alpha value is -1.49. The number of hydrogen-bond donors (Lipinski definition) is 1. The molecule has 0 aliphatic rings. The van der Waals surface area contributed by atoms with E-state index in [1.807, 2.05) is 54.6 Å². The van der Waals surface area contributed by atoms with Crippen LogP contribution in [0, 0.1) is 0 Å². The Labute approximate surface area is 110 Å². The van der Waals surface area contributed by atoms with Gasteiger partial charge in [-0.2, -0.15) is 0 Å². The molecule has 2 aromatic rings. The van der Waals surface area contributed by atoms with Gasteiger partial charge in [-0.3, -0.25) is 4.79 Å². The molecule has 0 saturated heterocycles. The predicted molar refractivity (Wildman–Crippen MR) is 82.0 cm³/mol. The molecule has 0 radical (unpaired) electrons. The maximum Gasteiger partial charge on any atom is 0.278 e. The van der Waals surface area contributed by atoms with Gasteiger partial charge in [0.25, 0.3) is 3.91 Å². The van der Waals surface area contributed by atoms with Crippen LogP contribution in [0.2, 0.25) is 0 Å². The summed E-state index contributed by atoms with van der Waals surface area (Å²) in [6, 6.07) is 17.8. The number of benzene rings is 2. The highest BCUT2D eigenvalue weighted by atomic mass is 127. The molecule has 3 heteroatoms. The number of hydrogen-bond acceptors (Lipinski definition) is 1. The smallest absolute Gasteiger partial charge is 0.278 e. The van der Waals surface area contributed by atoms with Gasteiger partial charge in [0.1, 0.15) is 0 Å². The van der Waals surface area contributed by atoms with Gasteiger partial charge in [0, 0.05) is 11.3 Å². The Morgan fingerprint density at radius 2 is 1.65 bits per heavy atom. The first kappa shape index (κ1) is 12.0. The second-order valence-electron chi connectivity index (χ2n) is 3.44. The van der Waals surface area contributed by atoms with Crippen molar-refractivity contribution in [1.82, 2.24) is 0 Å². The first-order valence-corrected chi connectivity index (χ1v) is 7.75. The summed E-state index contributed by atoms with van der Waals surface area (Å²) in [6.45, 7) is 0. The van der Waals surface area contributed by atoms with Crippen LogP contribution in [0.25, 0.3) is 11.1 Å². The van der Waals surface area contributed by atoms with E-state index in [0.29, 0.717) is 0 Å². The number of rotatable bonds is 3. The maximum absolute atomic E-state index is 11.4. The molecule has 2 aromatic carbocycles. The highest BCUT2D eigenvalue weighted by Gasteiger charge is 2.05. The normalized spacial score (nSPS) is 9.88. The molecule has 0 spiro atoms. The quantitative estimate of drug-likeness (QED) is 0.505. The van der Waals surface area contributed by atoms with Crippen LogP contribution in [0.15, 0.2) is 54.6 Å². The molecule has 0 aliphatic heterocycles. The van der Waals surface area contributed by atoms with Crippen LogP contribution < -0.4 is 5.32 Å². The number of amides is 1. The fourth-order valence-corrected chi connectivity index (χ4v) is 2.08. The number of para-hydroxylation sites is 1. The fraction of sp³-hybridized carbons (Fsp3) is 0. The van der Waals surface area contributed by atoms with Crippen LogP contribution in [0.1, 0.15) is 0 Å². The molecule has 0 bridgehead atoms. The van der Waals surface area contributed by atoms with Gasteiger partial charge < -0.3 is 5.32 Å². The largest absolute Gasteiger partial charge is 0.317 e. The molecular weight excluding hydrogens is 325 g/mol. The van der Waals surface area contributed by atoms with Crippen molar-refractivity contribution in [1.29, 1.82) is 0 Å². The maximum atomic E-state index is 11.4. The van der Waals surface area contributed by atoms with Gasteiger partial charge in [-0.1, -0.05) is 53.0 Å². The second kappa shape index (κ2) is 5.72. The summed E-state index contributed by atoms with van der Waals surface area (Å²) >= 11 is -0.664. The molecule has 0 fully saturated rings. The number of carbonyl (C=O) groups excluding carboxylic acids is 1. The molecule has 0 aromatic heterocycles. The molecule has 0 heterocycles. The molecule has 1 N–H and O–H groups in total. The van der Waals surface area contributed by atoms with Gasteiger partial charge in [0.15, 0.2) is 0 Å². The lowest BCUT2D eigenvalue weighted by atomic mass is 10.0. The van der Waals surface area contributed by atoms with Crippen molar-refractivity contribution in [3.05, 3.63) is 54.6 Å². The summed E-state index contributed by atoms with van der Waals surface area (Å²) in [4.78, 5) is 11.4. The van der Waals surface area contributed by atoms with E-state index in [1.165, 1.54) is 0 Å². The molecule has 17 heavy (non-hydrogen) atoms. The predicted octanol–water partition coefficient (Wildman–Crippen LogP) is 4.29. The fourth-order valence-electron chi connectivity index (χ4n) is 1.60. The zero-order valence-electron chi connectivity index (χ0n) is 9.19. The van der Waals surface area contributed by atoms with E-state index in [9.17, 15) is 4.79 Å². The van der Waals surface area contributed by atoms with E-state index >= 15 is 0 Å². The van der Waals surface area contributed by atoms with Crippen LogP contribution in [-0.4, -0.2) is 8.43 Å². The van der Waals surface area contributed by atoms with Crippen LogP contribution in [0.5, 0.6) is 0 Å². The summed E-state index contributed by atoms with van der Waals surface area (Å²) in [6.07, 6.45) is 0. The van der Waals surface area contributed by atoms with Gasteiger partial charge in [-0.25, -0.2) is 0 Å². The van der Waals surface area contributed by atoms with Gasteiger partial charge in [0.05, 0.1) is 0 Å². The Kier molecular flexibility index (Phi) is 4.03. The Morgan fingerprint density at radius 1 is 1.00 bits per heavy atom. The lowest BCUT2D eigenvalue weighted by Crippen LogP contribution is -2.02. The first-order chi connectivity index (χ1) is 8.31. The van der Waals surface area contributed by atoms with E-state index in [-0.39, 0.29) is 3.91 Å². The van der Waals surface area contributed by atoms with Crippen LogP contribution in [-0.2, 0) is 0 Å². The Morgan fingerprint density at radius 3 is 2.35 bits per heavy atom. The number of carbonyl (C=O) groups is 1. The van der Waals surface area contributed by atoms with Gasteiger partial charge in [0.2, 0.25) is 0 Å². The van der Waals surface area contributed by atoms with Crippen LogP contribution in [0.4, 0.5) is 10.5 Å². The van der Waals surface area contributed by atoms with E-state index in [0.717, 1.165) is 16.8 Å². The molecule has 2 rings (SSSR count). The van der Waals surface area contributed by atoms with Crippen molar-refractivity contribution < 1.29 is 4.79 Å². The average molecular weight is 337 g/mol. The summed E-state index contributed by atoms with van der Waals surface area (Å²) in [5.41, 5.74) is 3.00.